The minimum atomic E-state index is -0.394. The van der Waals surface area contributed by atoms with E-state index in [1.54, 1.807) is 0 Å². The molecule has 0 aliphatic carbocycles. The van der Waals surface area contributed by atoms with E-state index >= 15 is 0 Å². The molecule has 4 nitrogen and oxygen atoms in total. The summed E-state index contributed by atoms with van der Waals surface area (Å²) in [6, 6.07) is 0. The number of rotatable bonds is 6. The average Bonchev–Trinajstić information content (AvgIpc) is 2.24. The lowest BCUT2D eigenvalue weighted by atomic mass is 10.4. The van der Waals surface area contributed by atoms with Crippen LogP contribution in [0.3, 0.4) is 0 Å². The van der Waals surface area contributed by atoms with Crippen LogP contribution in [-0.4, -0.2) is 38.0 Å². The first kappa shape index (κ1) is 15.6. The monoisotopic (exact) mass is 204 g/mol. The Bertz CT molecular complexity index is 128. The van der Waals surface area contributed by atoms with E-state index in [9.17, 15) is 4.79 Å². The molecule has 0 fully saturated rings. The number of hydrogen-bond acceptors (Lipinski definition) is 4. The Morgan fingerprint density at radius 1 is 1.50 bits per heavy atom. The van der Waals surface area contributed by atoms with Crippen molar-refractivity contribution >= 4 is 5.97 Å². The first-order chi connectivity index (χ1) is 6.72. The summed E-state index contributed by atoms with van der Waals surface area (Å²) >= 11 is 0. The molecule has 0 amide bonds. The number of esters is 1. The summed E-state index contributed by atoms with van der Waals surface area (Å²) in [5.74, 6) is -0.394. The molecule has 0 heterocycles. The lowest BCUT2D eigenvalue weighted by Crippen LogP contribution is -1.99. The number of ether oxygens (including phenoxy) is 2. The van der Waals surface area contributed by atoms with Gasteiger partial charge in [0, 0.05) is 12.7 Å². The van der Waals surface area contributed by atoms with Crippen LogP contribution < -0.4 is 0 Å². The molecule has 0 radical (unpaired) electrons. The first-order valence-corrected chi connectivity index (χ1v) is 4.61. The topological polar surface area (TPSA) is 55.8 Å². The number of hydrogen-bond donors (Lipinski definition) is 1. The van der Waals surface area contributed by atoms with E-state index in [0.29, 0.717) is 6.61 Å². The molecule has 0 aromatic heterocycles. The fraction of sp³-hybridized carbons (Fsp3) is 0.700. The van der Waals surface area contributed by atoms with E-state index in [0.717, 1.165) is 25.5 Å². The highest BCUT2D eigenvalue weighted by atomic mass is 16.5. The van der Waals surface area contributed by atoms with Crippen molar-refractivity contribution in [2.75, 3.05) is 26.9 Å². The van der Waals surface area contributed by atoms with Gasteiger partial charge >= 0.3 is 5.97 Å². The van der Waals surface area contributed by atoms with Gasteiger partial charge < -0.3 is 14.6 Å². The Kier molecular flexibility index (Phi) is 16.3. The lowest BCUT2D eigenvalue weighted by Gasteiger charge is -1.97. The third kappa shape index (κ3) is 17.3. The molecule has 0 atom stereocenters. The Morgan fingerprint density at radius 2 is 2.14 bits per heavy atom. The summed E-state index contributed by atoms with van der Waals surface area (Å²) in [5.41, 5.74) is 0. The Labute approximate surface area is 85.5 Å². The Balaban J connectivity index is 0. The number of carbonyl (C=O) groups is 1. The Morgan fingerprint density at radius 3 is 2.43 bits per heavy atom. The summed E-state index contributed by atoms with van der Waals surface area (Å²) in [6.45, 7) is 6.69. The molecule has 14 heavy (non-hydrogen) atoms. The number of aliphatic hydroxyl groups excluding tert-OH is 1. The van der Waals surface area contributed by atoms with Crippen LogP contribution in [0.1, 0.15) is 19.8 Å². The maximum Gasteiger partial charge on any atom is 0.329 e. The van der Waals surface area contributed by atoms with E-state index in [4.69, 9.17) is 9.84 Å². The molecule has 0 aromatic rings. The highest BCUT2D eigenvalue weighted by molar-refractivity contribution is 5.80. The van der Waals surface area contributed by atoms with Crippen LogP contribution in [0.15, 0.2) is 12.7 Å². The van der Waals surface area contributed by atoms with Crippen LogP contribution in [-0.2, 0) is 14.3 Å². The maximum absolute atomic E-state index is 9.84. The number of methoxy groups -OCH3 is 1. The van der Waals surface area contributed by atoms with Gasteiger partial charge in [0.15, 0.2) is 0 Å². The van der Waals surface area contributed by atoms with Crippen LogP contribution in [0.5, 0.6) is 0 Å². The highest BCUT2D eigenvalue weighted by Crippen LogP contribution is 1.85. The summed E-state index contributed by atoms with van der Waals surface area (Å²) in [6.07, 6.45) is 3.37. The number of unbranched alkanes of at least 4 members (excludes halogenated alkanes) is 1. The minimum Gasteiger partial charge on any atom is -0.466 e. The zero-order valence-corrected chi connectivity index (χ0v) is 8.99. The van der Waals surface area contributed by atoms with E-state index in [1.165, 1.54) is 7.11 Å². The molecule has 0 saturated heterocycles. The molecule has 0 saturated carbocycles. The number of aliphatic hydroxyl groups is 1. The normalized spacial score (nSPS) is 8.50. The molecule has 0 spiro atoms. The lowest BCUT2D eigenvalue weighted by molar-refractivity contribution is -0.134. The van der Waals surface area contributed by atoms with Gasteiger partial charge in [-0.25, -0.2) is 4.79 Å². The van der Waals surface area contributed by atoms with E-state index in [1.807, 2.05) is 0 Å². The zero-order chi connectivity index (χ0) is 11.2. The van der Waals surface area contributed by atoms with Gasteiger partial charge in [-0.2, -0.15) is 0 Å². The van der Waals surface area contributed by atoms with Crippen molar-refractivity contribution in [2.45, 2.75) is 19.8 Å². The second-order valence-corrected chi connectivity index (χ2v) is 2.42. The third-order valence-electron chi connectivity index (χ3n) is 1.25. The van der Waals surface area contributed by atoms with Gasteiger partial charge in [-0.3, -0.25) is 0 Å². The molecular formula is C10H20O4. The van der Waals surface area contributed by atoms with Crippen molar-refractivity contribution in [1.29, 1.82) is 0 Å². The van der Waals surface area contributed by atoms with Gasteiger partial charge in [-0.15, -0.1) is 0 Å². The zero-order valence-electron chi connectivity index (χ0n) is 8.99. The molecule has 0 aliphatic rings. The van der Waals surface area contributed by atoms with E-state index < -0.39 is 5.97 Å². The molecule has 0 bridgehead atoms. The smallest absolute Gasteiger partial charge is 0.329 e. The van der Waals surface area contributed by atoms with E-state index in [-0.39, 0.29) is 6.61 Å². The van der Waals surface area contributed by atoms with Gasteiger partial charge in [0.2, 0.25) is 0 Å². The summed E-state index contributed by atoms with van der Waals surface area (Å²) in [7, 11) is 1.31. The second-order valence-electron chi connectivity index (χ2n) is 2.42. The van der Waals surface area contributed by atoms with Crippen molar-refractivity contribution in [3.05, 3.63) is 12.7 Å². The van der Waals surface area contributed by atoms with Crippen molar-refractivity contribution in [2.24, 2.45) is 0 Å². The molecule has 84 valence electrons. The van der Waals surface area contributed by atoms with Gasteiger partial charge in [0.1, 0.15) is 0 Å². The van der Waals surface area contributed by atoms with Crippen LogP contribution in [0.4, 0.5) is 0 Å². The summed E-state index contributed by atoms with van der Waals surface area (Å²) in [4.78, 5) is 9.84. The quantitative estimate of drug-likeness (QED) is 0.400. The number of carbonyl (C=O) groups excluding carboxylic acids is 1. The van der Waals surface area contributed by atoms with Gasteiger partial charge in [-0.1, -0.05) is 19.9 Å². The summed E-state index contributed by atoms with van der Waals surface area (Å²) in [5, 5.41) is 8.24. The van der Waals surface area contributed by atoms with Crippen molar-refractivity contribution in [3.63, 3.8) is 0 Å². The van der Waals surface area contributed by atoms with Crippen molar-refractivity contribution in [1.82, 2.24) is 0 Å². The fourth-order valence-corrected chi connectivity index (χ4v) is 0.496. The van der Waals surface area contributed by atoms with Gasteiger partial charge in [0.25, 0.3) is 0 Å². The van der Waals surface area contributed by atoms with Crippen molar-refractivity contribution in [3.8, 4) is 0 Å². The van der Waals surface area contributed by atoms with Crippen molar-refractivity contribution < 1.29 is 19.4 Å². The Hall–Kier alpha value is -0.870. The largest absolute Gasteiger partial charge is 0.466 e. The average molecular weight is 204 g/mol. The highest BCUT2D eigenvalue weighted by Gasteiger charge is 1.82. The standard InChI is InChI=1S/C6H14O2.C4H6O2/c1-2-3-5-8-6-4-7;1-3-4(5)6-2/h7H,2-6H2,1H3;3H,1H2,2H3. The summed E-state index contributed by atoms with van der Waals surface area (Å²) < 4.78 is 9.12. The van der Waals surface area contributed by atoms with Crippen LogP contribution >= 0.6 is 0 Å². The predicted octanol–water partition coefficient (Wildman–Crippen LogP) is 1.14. The minimum absolute atomic E-state index is 0.143. The van der Waals surface area contributed by atoms with Gasteiger partial charge in [-0.05, 0) is 6.42 Å². The molecule has 0 unspecified atom stereocenters. The second kappa shape index (κ2) is 14.6. The molecule has 0 aromatic carbocycles. The maximum atomic E-state index is 9.84. The predicted molar refractivity (Wildman–Crippen MR) is 55.0 cm³/mol. The fourth-order valence-electron chi connectivity index (χ4n) is 0.496. The molecule has 0 rings (SSSR count). The molecule has 4 heteroatoms. The molecule has 1 N–H and O–H groups in total. The third-order valence-corrected chi connectivity index (χ3v) is 1.25. The van der Waals surface area contributed by atoms with Crippen LogP contribution in [0, 0.1) is 0 Å². The first-order valence-electron chi connectivity index (χ1n) is 4.61. The molecular weight excluding hydrogens is 184 g/mol. The molecule has 0 aliphatic heterocycles. The van der Waals surface area contributed by atoms with Crippen LogP contribution in [0.2, 0.25) is 0 Å². The van der Waals surface area contributed by atoms with Crippen LogP contribution in [0.25, 0.3) is 0 Å². The van der Waals surface area contributed by atoms with E-state index in [2.05, 4.69) is 18.2 Å². The SMILES string of the molecule is C=CC(=O)OC.CCCCOCCO. The van der Waals surface area contributed by atoms with Gasteiger partial charge in [0.05, 0.1) is 20.3 Å².